The van der Waals surface area contributed by atoms with Crippen LogP contribution in [0.2, 0.25) is 0 Å². The fraction of sp³-hybridized carbons (Fsp3) is 0.429. The van der Waals surface area contributed by atoms with Gasteiger partial charge < -0.3 is 27.6 Å². The molecule has 4 N–H and O–H groups in total. The van der Waals surface area contributed by atoms with E-state index in [1.165, 1.54) is 0 Å². The molecule has 0 atom stereocenters. The van der Waals surface area contributed by atoms with Gasteiger partial charge in [-0.3, -0.25) is 19.2 Å². The summed E-state index contributed by atoms with van der Waals surface area (Å²) in [6.45, 7) is 0.833. The van der Waals surface area contributed by atoms with Crippen molar-refractivity contribution in [2.45, 2.75) is 19.8 Å². The van der Waals surface area contributed by atoms with Crippen molar-refractivity contribution in [3.63, 3.8) is 0 Å². The van der Waals surface area contributed by atoms with Crippen LogP contribution in [0.15, 0.2) is 0 Å². The average molecular weight is 425 g/mol. The first-order valence-electron chi connectivity index (χ1n) is 3.48. The Morgan fingerprint density at radius 3 is 1.00 bits per heavy atom. The molecule has 0 fully saturated rings. The molecule has 0 aromatic heterocycles. The van der Waals surface area contributed by atoms with Gasteiger partial charge in [0.1, 0.15) is 0 Å². The molecule has 20 heavy (non-hydrogen) atoms. The van der Waals surface area contributed by atoms with E-state index in [1.54, 1.807) is 0 Å². The molecule has 98 valence electrons. The Morgan fingerprint density at radius 2 is 0.950 bits per heavy atom. The summed E-state index contributed by atoms with van der Waals surface area (Å²) >= 11 is 0. The maximum atomic E-state index is 9.64. The van der Waals surface area contributed by atoms with Gasteiger partial charge in [0.05, 0.1) is 12.8 Å². The van der Waals surface area contributed by atoms with Gasteiger partial charge >= 0.3 is 269 Å². The van der Waals surface area contributed by atoms with E-state index in [9.17, 15) is 9.59 Å². The molecular weight excluding hydrogens is 408 g/mol. The van der Waals surface area contributed by atoms with Crippen molar-refractivity contribution in [1.29, 1.82) is 0 Å². The second kappa shape index (κ2) is 44.5. The zero-order chi connectivity index (χ0) is 12.9. The Hall–Kier alpha value is 6.06. The first kappa shape index (κ1) is 50.2. The minimum Gasteiger partial charge on any atom is -1.00 e. The van der Waals surface area contributed by atoms with Crippen LogP contribution in [-0.2, 0) is 19.2 Å². The van der Waals surface area contributed by atoms with E-state index in [0.717, 1.165) is 6.92 Å². The third kappa shape index (κ3) is 105. The average Bonchev–Trinajstić information content (AvgIpc) is 2.01. The van der Waals surface area contributed by atoms with Crippen molar-refractivity contribution in [2.24, 2.45) is 0 Å². The maximum Gasteiger partial charge on any atom is 1.00 e. The third-order valence-electron chi connectivity index (χ3n) is 0.553. The van der Waals surface area contributed by atoms with Crippen LogP contribution in [0.4, 0.5) is 0 Å². The molecule has 0 radical (unpaired) electrons. The van der Waals surface area contributed by atoms with Gasteiger partial charge in [-0.1, -0.05) is 0 Å². The fourth-order valence-electron chi connectivity index (χ4n) is 0.214. The van der Waals surface area contributed by atoms with Crippen LogP contribution in [0.1, 0.15) is 26.9 Å². The molecule has 13 heteroatoms. The van der Waals surface area contributed by atoms with Gasteiger partial charge in [0.25, 0.3) is 12.4 Å². The Bertz CT molecular complexity index is 225. The smallest absolute Gasteiger partial charge is 1.00 e. The van der Waals surface area contributed by atoms with Gasteiger partial charge in [0, 0.05) is 6.92 Å². The van der Waals surface area contributed by atoms with Crippen molar-refractivity contribution >= 4 is 24.4 Å². The van der Waals surface area contributed by atoms with Gasteiger partial charge in [-0.25, -0.2) is 0 Å². The normalized spacial score (nSPS) is 5.25. The number of carboxylic acids is 3. The molecule has 0 aliphatic carbocycles. The van der Waals surface area contributed by atoms with E-state index in [1.807, 2.05) is 0 Å². The molecule has 0 heterocycles. The number of aliphatic carboxylic acids is 3. The van der Waals surface area contributed by atoms with Crippen LogP contribution in [0.25, 0.3) is 0 Å². The van der Waals surface area contributed by atoms with E-state index in [-0.39, 0.29) is 283 Å². The summed E-state index contributed by atoms with van der Waals surface area (Å²) in [5.41, 5.74) is 0. The molecule has 0 aliphatic heterocycles. The molecule has 0 aromatic carbocycles. The number of carboxylic acid groups (broad SMARTS) is 4. The Balaban J connectivity index is -0.00000000704. The molecule has 0 aliphatic rings. The van der Waals surface area contributed by atoms with Crippen LogP contribution in [0.5, 0.6) is 0 Å². The summed E-state index contributed by atoms with van der Waals surface area (Å²) in [6.07, 6.45) is -0.593. The quantitative estimate of drug-likeness (QED) is 0.258. The number of carbonyl (C=O) groups is 4. The molecule has 0 saturated heterocycles. The number of hydrogen-bond donors (Lipinski definition) is 4. The van der Waals surface area contributed by atoms with Crippen molar-refractivity contribution in [3.8, 4) is 0 Å². The third-order valence-corrected chi connectivity index (χ3v) is 0.553. The van der Waals surface area contributed by atoms with Gasteiger partial charge in [0.2, 0.25) is 0 Å². The van der Waals surface area contributed by atoms with Gasteiger partial charge in [-0.2, -0.15) is 0 Å². The maximum absolute atomic E-state index is 9.64. The van der Waals surface area contributed by atoms with Gasteiger partial charge in [-0.15, -0.1) is 0 Å². The summed E-state index contributed by atoms with van der Waals surface area (Å²) in [4.78, 5) is 36.6. The molecule has 0 rings (SSSR count). The molecule has 0 aromatic rings. The molecule has 0 amide bonds. The second-order valence-corrected chi connectivity index (χ2v) is 1.91. The summed E-state index contributed by atoms with van der Waals surface area (Å²) in [6, 6.07) is 0. The monoisotopic (exact) mass is 424 g/mol. The minimum absolute atomic E-state index is 0. The topological polar surface area (TPSA) is 149 Å². The predicted octanol–water partition coefficient (Wildman–Crippen LogP) is -14.7. The van der Waals surface area contributed by atoms with Crippen molar-refractivity contribution in [3.05, 3.63) is 0 Å². The molecule has 0 bridgehead atoms. The molecule has 0 saturated carbocycles. The van der Waals surface area contributed by atoms with E-state index >= 15 is 0 Å². The first-order chi connectivity index (χ1) is 6.77. The Labute approximate surface area is 337 Å². The van der Waals surface area contributed by atoms with Crippen LogP contribution in [-0.4, -0.2) is 44.8 Å². The Kier molecular flexibility index (Phi) is 112. The molecular formula is C7H17K5O8. The summed E-state index contributed by atoms with van der Waals surface area (Å²) in [7, 11) is 0. The van der Waals surface area contributed by atoms with Crippen molar-refractivity contribution < 1.29 is 304 Å². The van der Waals surface area contributed by atoms with Crippen molar-refractivity contribution in [2.75, 3.05) is 0 Å². The zero-order valence-electron chi connectivity index (χ0n) is 17.9. The van der Waals surface area contributed by atoms with Crippen LogP contribution in [0, 0.1) is 0 Å². The fourth-order valence-corrected chi connectivity index (χ4v) is 0.214. The Morgan fingerprint density at radius 1 is 0.850 bits per heavy atom. The standard InChI is InChI=1S/C4H6O4.C2H4O2.CH2O2.5K.5H/c5-3(6)1-2-4(7)8;1-2(3)4;2-1-3;;;;;;;;;;/h1-2H2,(H,5,6)(H,7,8);1H3,(H,3,4);1H,(H,2,3);;;;;;;;;;/q;;;5*+1;5*-1. The number of hydrogen-bond acceptors (Lipinski definition) is 4. The van der Waals surface area contributed by atoms with E-state index in [0.29, 0.717) is 0 Å². The summed E-state index contributed by atoms with van der Waals surface area (Å²) < 4.78 is 0. The molecule has 0 unspecified atom stereocenters. The zero-order valence-corrected chi connectivity index (χ0v) is 28.5. The van der Waals surface area contributed by atoms with Crippen LogP contribution in [0.3, 0.4) is 0 Å². The van der Waals surface area contributed by atoms with Gasteiger partial charge in [-0.05, 0) is 0 Å². The van der Waals surface area contributed by atoms with E-state index in [4.69, 9.17) is 30.0 Å². The van der Waals surface area contributed by atoms with Gasteiger partial charge in [0.15, 0.2) is 0 Å². The second-order valence-electron chi connectivity index (χ2n) is 1.91. The number of rotatable bonds is 3. The van der Waals surface area contributed by atoms with Crippen LogP contribution >= 0.6 is 0 Å². The van der Waals surface area contributed by atoms with E-state index in [2.05, 4.69) is 0 Å². The molecule has 0 spiro atoms. The van der Waals surface area contributed by atoms with E-state index < -0.39 is 17.9 Å². The molecule has 8 nitrogen and oxygen atoms in total. The SMILES string of the molecule is CC(=O)O.O=C(O)CCC(=O)O.O=CO.[H-].[H-].[H-].[H-].[H-].[K+].[K+].[K+].[K+].[K+]. The predicted molar refractivity (Wildman–Crippen MR) is 52.1 cm³/mol. The summed E-state index contributed by atoms with van der Waals surface area (Å²) in [5, 5.41) is 30.1. The van der Waals surface area contributed by atoms with Crippen molar-refractivity contribution in [1.82, 2.24) is 0 Å². The largest absolute Gasteiger partial charge is 1.00 e. The van der Waals surface area contributed by atoms with Crippen LogP contribution < -0.4 is 257 Å². The minimum atomic E-state index is -1.08. The first-order valence-corrected chi connectivity index (χ1v) is 3.48. The summed E-state index contributed by atoms with van der Waals surface area (Å²) in [5.74, 6) is -2.99.